The van der Waals surface area contributed by atoms with Gasteiger partial charge in [-0.15, -0.1) is 0 Å². The molecule has 6 heteroatoms. The van der Waals surface area contributed by atoms with Gasteiger partial charge in [0.1, 0.15) is 6.17 Å². The summed E-state index contributed by atoms with van der Waals surface area (Å²) in [4.78, 5) is 5.72. The monoisotopic (exact) mass is 243 g/mol. The van der Waals surface area contributed by atoms with E-state index in [2.05, 4.69) is 4.99 Å². The molecule has 0 saturated carbocycles. The van der Waals surface area contributed by atoms with Gasteiger partial charge in [0.15, 0.2) is 17.5 Å². The molecule has 1 aromatic rings. The van der Waals surface area contributed by atoms with Crippen LogP contribution in [0.1, 0.15) is 12.5 Å². The molecular formula is C11H12F3N3. The number of hydrogen-bond acceptors (Lipinski definition) is 3. The van der Waals surface area contributed by atoms with Gasteiger partial charge in [0, 0.05) is 6.54 Å². The second-order valence-corrected chi connectivity index (χ2v) is 4.04. The minimum Gasteiger partial charge on any atom is -0.352 e. The summed E-state index contributed by atoms with van der Waals surface area (Å²) < 4.78 is 38.7. The Morgan fingerprint density at radius 2 is 1.88 bits per heavy atom. The Morgan fingerprint density at radius 1 is 1.29 bits per heavy atom. The van der Waals surface area contributed by atoms with Crippen molar-refractivity contribution in [2.75, 3.05) is 0 Å². The van der Waals surface area contributed by atoms with E-state index in [1.807, 2.05) is 6.92 Å². The van der Waals surface area contributed by atoms with Gasteiger partial charge in [-0.1, -0.05) is 0 Å². The molecule has 0 spiro atoms. The molecule has 1 aliphatic rings. The Labute approximate surface area is 96.7 Å². The number of halogens is 3. The summed E-state index contributed by atoms with van der Waals surface area (Å²) >= 11 is 0. The molecule has 0 aliphatic carbocycles. The molecule has 2 unspecified atom stereocenters. The molecule has 0 saturated heterocycles. The van der Waals surface area contributed by atoms with Crippen LogP contribution < -0.4 is 5.73 Å². The first-order chi connectivity index (χ1) is 7.99. The second kappa shape index (κ2) is 4.37. The summed E-state index contributed by atoms with van der Waals surface area (Å²) in [6.45, 7) is 2.10. The van der Waals surface area contributed by atoms with Crippen molar-refractivity contribution in [1.29, 1.82) is 0 Å². The van der Waals surface area contributed by atoms with Crippen molar-refractivity contribution in [2.45, 2.75) is 25.7 Å². The molecule has 1 aliphatic heterocycles. The highest BCUT2D eigenvalue weighted by atomic mass is 19.2. The minimum atomic E-state index is -1.45. The van der Waals surface area contributed by atoms with E-state index >= 15 is 0 Å². The largest absolute Gasteiger partial charge is 0.352 e. The Bertz CT molecular complexity index is 438. The minimum absolute atomic E-state index is 0.0498. The van der Waals surface area contributed by atoms with Crippen molar-refractivity contribution in [1.82, 2.24) is 4.90 Å². The van der Waals surface area contributed by atoms with E-state index in [0.29, 0.717) is 5.56 Å². The average Bonchev–Trinajstić information content (AvgIpc) is 2.58. The Balaban J connectivity index is 2.17. The Kier molecular flexibility index (Phi) is 3.06. The molecule has 1 heterocycles. The van der Waals surface area contributed by atoms with Gasteiger partial charge in [-0.2, -0.15) is 0 Å². The first kappa shape index (κ1) is 11.9. The van der Waals surface area contributed by atoms with Crippen molar-refractivity contribution >= 4 is 6.34 Å². The molecular weight excluding hydrogens is 231 g/mol. The highest BCUT2D eigenvalue weighted by Crippen LogP contribution is 2.18. The maximum absolute atomic E-state index is 13.0. The molecule has 17 heavy (non-hydrogen) atoms. The van der Waals surface area contributed by atoms with Crippen LogP contribution in [0.4, 0.5) is 13.2 Å². The summed E-state index contributed by atoms with van der Waals surface area (Å²) in [5, 5.41) is 0. The number of rotatable bonds is 2. The van der Waals surface area contributed by atoms with E-state index in [0.717, 1.165) is 12.1 Å². The average molecular weight is 243 g/mol. The maximum Gasteiger partial charge on any atom is 0.194 e. The van der Waals surface area contributed by atoms with E-state index in [1.54, 1.807) is 4.90 Å². The third-order valence-electron chi connectivity index (χ3n) is 2.81. The van der Waals surface area contributed by atoms with Gasteiger partial charge >= 0.3 is 0 Å². The van der Waals surface area contributed by atoms with E-state index in [-0.39, 0.29) is 18.8 Å². The molecule has 0 amide bonds. The highest BCUT2D eigenvalue weighted by Gasteiger charge is 2.23. The van der Waals surface area contributed by atoms with E-state index in [9.17, 15) is 13.2 Å². The van der Waals surface area contributed by atoms with Crippen LogP contribution in [0.25, 0.3) is 0 Å². The normalized spacial score (nSPS) is 23.5. The predicted molar refractivity (Wildman–Crippen MR) is 57.8 cm³/mol. The number of aliphatic imine (C=N–C) groups is 1. The van der Waals surface area contributed by atoms with Crippen LogP contribution in [0.2, 0.25) is 0 Å². The summed E-state index contributed by atoms with van der Waals surface area (Å²) in [6, 6.07) is 1.90. The van der Waals surface area contributed by atoms with Crippen LogP contribution in [0.3, 0.4) is 0 Å². The summed E-state index contributed by atoms with van der Waals surface area (Å²) in [5.74, 6) is -3.82. The molecule has 0 bridgehead atoms. The zero-order valence-electron chi connectivity index (χ0n) is 9.20. The van der Waals surface area contributed by atoms with Crippen LogP contribution in [0.5, 0.6) is 0 Å². The van der Waals surface area contributed by atoms with Crippen LogP contribution in [0, 0.1) is 17.5 Å². The van der Waals surface area contributed by atoms with Crippen LogP contribution in [0.15, 0.2) is 17.1 Å². The van der Waals surface area contributed by atoms with Gasteiger partial charge in [0.2, 0.25) is 0 Å². The zero-order chi connectivity index (χ0) is 12.6. The predicted octanol–water partition coefficient (Wildman–Crippen LogP) is 1.62. The van der Waals surface area contributed by atoms with E-state index in [1.165, 1.54) is 6.34 Å². The number of hydrogen-bond donors (Lipinski definition) is 1. The van der Waals surface area contributed by atoms with Crippen molar-refractivity contribution in [2.24, 2.45) is 10.7 Å². The fourth-order valence-electron chi connectivity index (χ4n) is 1.68. The summed E-state index contributed by atoms with van der Waals surface area (Å²) in [5.41, 5.74) is 6.00. The van der Waals surface area contributed by atoms with Gasteiger partial charge in [-0.05, 0) is 24.6 Å². The fraction of sp³-hybridized carbons (Fsp3) is 0.364. The second-order valence-electron chi connectivity index (χ2n) is 4.04. The molecule has 2 atom stereocenters. The van der Waals surface area contributed by atoms with Gasteiger partial charge in [-0.3, -0.25) is 4.99 Å². The maximum atomic E-state index is 13.0. The van der Waals surface area contributed by atoms with E-state index < -0.39 is 17.5 Å². The number of nitrogens with zero attached hydrogens (tertiary/aromatic N) is 2. The quantitative estimate of drug-likeness (QED) is 0.802. The lowest BCUT2D eigenvalue weighted by molar-refractivity contribution is 0.323. The molecule has 2 rings (SSSR count). The SMILES string of the molecule is CC1C(N)N=CN1Cc1cc(F)c(F)c(F)c1. The number of benzene rings is 1. The summed E-state index contributed by atoms with van der Waals surface area (Å²) in [6.07, 6.45) is 1.19. The molecule has 0 fully saturated rings. The van der Waals surface area contributed by atoms with Gasteiger partial charge < -0.3 is 10.6 Å². The van der Waals surface area contributed by atoms with Crippen molar-refractivity contribution < 1.29 is 13.2 Å². The van der Waals surface area contributed by atoms with Crippen molar-refractivity contribution in [3.05, 3.63) is 35.1 Å². The first-order valence-electron chi connectivity index (χ1n) is 5.17. The van der Waals surface area contributed by atoms with Crippen molar-refractivity contribution in [3.63, 3.8) is 0 Å². The van der Waals surface area contributed by atoms with Crippen LogP contribution in [-0.2, 0) is 6.54 Å². The fourth-order valence-corrected chi connectivity index (χ4v) is 1.68. The van der Waals surface area contributed by atoms with Crippen LogP contribution in [-0.4, -0.2) is 23.4 Å². The van der Waals surface area contributed by atoms with Gasteiger partial charge in [0.05, 0.1) is 12.4 Å². The molecule has 0 aromatic heterocycles. The molecule has 92 valence electrons. The number of nitrogens with two attached hydrogens (primary N) is 1. The van der Waals surface area contributed by atoms with Crippen molar-refractivity contribution in [3.8, 4) is 0 Å². The Morgan fingerprint density at radius 3 is 2.35 bits per heavy atom. The highest BCUT2D eigenvalue weighted by molar-refractivity contribution is 5.58. The third-order valence-corrected chi connectivity index (χ3v) is 2.81. The van der Waals surface area contributed by atoms with E-state index in [4.69, 9.17) is 5.73 Å². The zero-order valence-corrected chi connectivity index (χ0v) is 9.20. The van der Waals surface area contributed by atoms with Crippen LogP contribution >= 0.6 is 0 Å². The molecule has 1 aromatic carbocycles. The lowest BCUT2D eigenvalue weighted by atomic mass is 10.1. The smallest absolute Gasteiger partial charge is 0.194 e. The topological polar surface area (TPSA) is 41.6 Å². The molecule has 0 radical (unpaired) electrons. The van der Waals surface area contributed by atoms with Gasteiger partial charge in [0.25, 0.3) is 0 Å². The molecule has 2 N–H and O–H groups in total. The molecule has 3 nitrogen and oxygen atoms in total. The Hall–Kier alpha value is -1.56. The summed E-state index contributed by atoms with van der Waals surface area (Å²) in [7, 11) is 0. The lowest BCUT2D eigenvalue weighted by Crippen LogP contribution is -2.37. The third kappa shape index (κ3) is 2.26. The van der Waals surface area contributed by atoms with Gasteiger partial charge in [-0.25, -0.2) is 13.2 Å². The first-order valence-corrected chi connectivity index (χ1v) is 5.17. The standard InChI is InChI=1S/C11H12F3N3/c1-6-11(15)16-5-17(6)4-7-2-8(12)10(14)9(13)3-7/h2-3,5-6,11H,4,15H2,1H3. The lowest BCUT2D eigenvalue weighted by Gasteiger charge is -2.22.